The molecule has 1 aromatic rings. The van der Waals surface area contributed by atoms with Gasteiger partial charge < -0.3 is 5.32 Å². The number of para-hydroxylation sites is 1. The molecule has 0 aliphatic rings. The molecule has 0 saturated heterocycles. The highest BCUT2D eigenvalue weighted by Crippen LogP contribution is 2.28. The second-order valence-electron chi connectivity index (χ2n) is 4.06. The number of nitrogens with one attached hydrogen (secondary N) is 1. The molecule has 0 radical (unpaired) electrons. The number of hydrogen-bond donors (Lipinski definition) is 1. The maximum absolute atomic E-state index is 11.1. The minimum absolute atomic E-state index is 0.228. The number of nitrogens with zero attached hydrogens (tertiary/aromatic N) is 1. The first-order valence-electron chi connectivity index (χ1n) is 6.20. The van der Waals surface area contributed by atoms with Crippen molar-refractivity contribution in [1.29, 1.82) is 0 Å². The standard InChI is InChI=1S/C13H20N2O2/c1-3-5-6-10-14-12-9-7-8-11(4-2)13(12)15(16)17/h7-9,14H,3-6,10H2,1-2H3. The average molecular weight is 236 g/mol. The third kappa shape index (κ3) is 3.73. The van der Waals surface area contributed by atoms with Gasteiger partial charge in [-0.05, 0) is 18.9 Å². The second kappa shape index (κ2) is 6.89. The molecule has 4 heteroatoms. The maximum Gasteiger partial charge on any atom is 0.295 e. The largest absolute Gasteiger partial charge is 0.379 e. The molecule has 0 saturated carbocycles. The van der Waals surface area contributed by atoms with E-state index >= 15 is 0 Å². The van der Waals surface area contributed by atoms with Crippen molar-refractivity contribution in [2.75, 3.05) is 11.9 Å². The van der Waals surface area contributed by atoms with Crippen LogP contribution in [-0.4, -0.2) is 11.5 Å². The first kappa shape index (κ1) is 13.5. The molecular weight excluding hydrogens is 216 g/mol. The summed E-state index contributed by atoms with van der Waals surface area (Å²) in [6.07, 6.45) is 4.03. The zero-order valence-electron chi connectivity index (χ0n) is 10.5. The molecule has 0 aliphatic heterocycles. The van der Waals surface area contributed by atoms with Crippen molar-refractivity contribution in [2.24, 2.45) is 0 Å². The zero-order chi connectivity index (χ0) is 12.7. The topological polar surface area (TPSA) is 55.2 Å². The molecule has 94 valence electrons. The van der Waals surface area contributed by atoms with Crippen molar-refractivity contribution in [3.63, 3.8) is 0 Å². The Morgan fingerprint density at radius 2 is 2.06 bits per heavy atom. The number of aryl methyl sites for hydroxylation is 1. The summed E-state index contributed by atoms with van der Waals surface area (Å²) in [4.78, 5) is 10.8. The van der Waals surface area contributed by atoms with Crippen molar-refractivity contribution in [2.45, 2.75) is 39.5 Å². The average Bonchev–Trinajstić information content (AvgIpc) is 2.33. The Morgan fingerprint density at radius 1 is 1.29 bits per heavy atom. The van der Waals surface area contributed by atoms with Gasteiger partial charge in [-0.3, -0.25) is 10.1 Å². The number of nitro groups is 1. The summed E-state index contributed by atoms with van der Waals surface area (Å²) in [5, 5.41) is 14.2. The van der Waals surface area contributed by atoms with E-state index in [0.717, 1.165) is 31.4 Å². The Balaban J connectivity index is 2.79. The molecule has 0 amide bonds. The lowest BCUT2D eigenvalue weighted by Crippen LogP contribution is -2.05. The summed E-state index contributed by atoms with van der Waals surface area (Å²) in [6, 6.07) is 5.46. The molecule has 0 fully saturated rings. The number of unbranched alkanes of at least 4 members (excludes halogenated alkanes) is 2. The van der Waals surface area contributed by atoms with Crippen LogP contribution in [0.15, 0.2) is 18.2 Å². The fourth-order valence-electron chi connectivity index (χ4n) is 1.83. The lowest BCUT2D eigenvalue weighted by Gasteiger charge is -2.09. The van der Waals surface area contributed by atoms with Crippen LogP contribution >= 0.6 is 0 Å². The molecule has 0 bridgehead atoms. The van der Waals surface area contributed by atoms with Gasteiger partial charge in [0.15, 0.2) is 0 Å². The Bertz CT molecular complexity index is 378. The monoisotopic (exact) mass is 236 g/mol. The minimum atomic E-state index is -0.291. The van der Waals surface area contributed by atoms with E-state index in [9.17, 15) is 10.1 Å². The van der Waals surface area contributed by atoms with Crippen LogP contribution in [-0.2, 0) is 6.42 Å². The SMILES string of the molecule is CCCCCNc1cccc(CC)c1[N+](=O)[O-]. The highest BCUT2D eigenvalue weighted by molar-refractivity contribution is 5.65. The number of anilines is 1. The molecular formula is C13H20N2O2. The van der Waals surface area contributed by atoms with Gasteiger partial charge in [0.1, 0.15) is 5.69 Å². The summed E-state index contributed by atoms with van der Waals surface area (Å²) in [5.74, 6) is 0. The van der Waals surface area contributed by atoms with E-state index in [4.69, 9.17) is 0 Å². The van der Waals surface area contributed by atoms with Crippen molar-refractivity contribution in [3.8, 4) is 0 Å². The van der Waals surface area contributed by atoms with Crippen molar-refractivity contribution >= 4 is 11.4 Å². The second-order valence-corrected chi connectivity index (χ2v) is 4.06. The highest BCUT2D eigenvalue weighted by Gasteiger charge is 2.17. The van der Waals surface area contributed by atoms with Gasteiger partial charge in [-0.2, -0.15) is 0 Å². The van der Waals surface area contributed by atoms with E-state index in [-0.39, 0.29) is 10.6 Å². The number of nitro benzene ring substituents is 1. The van der Waals surface area contributed by atoms with E-state index in [0.29, 0.717) is 12.1 Å². The Hall–Kier alpha value is -1.58. The smallest absolute Gasteiger partial charge is 0.295 e. The first-order valence-corrected chi connectivity index (χ1v) is 6.20. The summed E-state index contributed by atoms with van der Waals surface area (Å²) >= 11 is 0. The van der Waals surface area contributed by atoms with Gasteiger partial charge in [0.05, 0.1) is 4.92 Å². The summed E-state index contributed by atoms with van der Waals surface area (Å²) in [7, 11) is 0. The Kier molecular flexibility index (Phi) is 5.46. The van der Waals surface area contributed by atoms with E-state index in [1.54, 1.807) is 6.07 Å². The first-order chi connectivity index (χ1) is 8.20. The van der Waals surface area contributed by atoms with Gasteiger partial charge in [0.25, 0.3) is 5.69 Å². The normalized spacial score (nSPS) is 10.2. The summed E-state index contributed by atoms with van der Waals surface area (Å²) in [6.45, 7) is 4.87. The third-order valence-corrected chi connectivity index (χ3v) is 2.78. The molecule has 0 aliphatic carbocycles. The highest BCUT2D eigenvalue weighted by atomic mass is 16.6. The van der Waals surface area contributed by atoms with Crippen LogP contribution < -0.4 is 5.32 Å². The van der Waals surface area contributed by atoms with E-state index in [2.05, 4.69) is 12.2 Å². The molecule has 1 N–H and O–H groups in total. The molecule has 1 rings (SSSR count). The molecule has 4 nitrogen and oxygen atoms in total. The third-order valence-electron chi connectivity index (χ3n) is 2.78. The van der Waals surface area contributed by atoms with Gasteiger partial charge >= 0.3 is 0 Å². The van der Waals surface area contributed by atoms with E-state index in [1.165, 1.54) is 0 Å². The quantitative estimate of drug-likeness (QED) is 0.445. The van der Waals surface area contributed by atoms with Crippen LogP contribution in [0.25, 0.3) is 0 Å². The van der Waals surface area contributed by atoms with Crippen LogP contribution in [0.1, 0.15) is 38.7 Å². The Labute approximate surface area is 102 Å². The van der Waals surface area contributed by atoms with E-state index in [1.807, 2.05) is 19.1 Å². The lowest BCUT2D eigenvalue weighted by molar-refractivity contribution is -0.384. The van der Waals surface area contributed by atoms with Crippen LogP contribution in [0.2, 0.25) is 0 Å². The molecule has 0 atom stereocenters. The summed E-state index contributed by atoms with van der Waals surface area (Å²) < 4.78 is 0. The maximum atomic E-state index is 11.1. The summed E-state index contributed by atoms with van der Waals surface area (Å²) in [5.41, 5.74) is 1.66. The molecule has 0 unspecified atom stereocenters. The lowest BCUT2D eigenvalue weighted by atomic mass is 10.1. The predicted molar refractivity (Wildman–Crippen MR) is 70.5 cm³/mol. The molecule has 0 aromatic heterocycles. The number of hydrogen-bond acceptors (Lipinski definition) is 3. The number of rotatable bonds is 7. The van der Waals surface area contributed by atoms with Gasteiger partial charge in [-0.1, -0.05) is 38.8 Å². The Morgan fingerprint density at radius 3 is 2.65 bits per heavy atom. The molecule has 17 heavy (non-hydrogen) atoms. The van der Waals surface area contributed by atoms with Gasteiger partial charge in [-0.25, -0.2) is 0 Å². The van der Waals surface area contributed by atoms with Crippen molar-refractivity contribution in [1.82, 2.24) is 0 Å². The van der Waals surface area contributed by atoms with Gasteiger partial charge in [-0.15, -0.1) is 0 Å². The van der Waals surface area contributed by atoms with Crippen LogP contribution in [0.4, 0.5) is 11.4 Å². The fourth-order valence-corrected chi connectivity index (χ4v) is 1.83. The fraction of sp³-hybridized carbons (Fsp3) is 0.538. The predicted octanol–water partition coefficient (Wildman–Crippen LogP) is 3.76. The molecule has 0 spiro atoms. The van der Waals surface area contributed by atoms with Gasteiger partial charge in [0.2, 0.25) is 0 Å². The molecule has 1 aromatic carbocycles. The van der Waals surface area contributed by atoms with Crippen LogP contribution in [0.3, 0.4) is 0 Å². The zero-order valence-corrected chi connectivity index (χ0v) is 10.5. The van der Waals surface area contributed by atoms with Gasteiger partial charge in [0, 0.05) is 12.1 Å². The molecule has 0 heterocycles. The number of benzene rings is 1. The van der Waals surface area contributed by atoms with E-state index < -0.39 is 0 Å². The van der Waals surface area contributed by atoms with Crippen molar-refractivity contribution in [3.05, 3.63) is 33.9 Å². The van der Waals surface area contributed by atoms with Crippen LogP contribution in [0, 0.1) is 10.1 Å². The van der Waals surface area contributed by atoms with Crippen molar-refractivity contribution < 1.29 is 4.92 Å². The minimum Gasteiger partial charge on any atom is -0.379 e. The van der Waals surface area contributed by atoms with Crippen LogP contribution in [0.5, 0.6) is 0 Å².